The molecule has 40 heavy (non-hydrogen) atoms. The first-order chi connectivity index (χ1) is 19.2. The molecule has 1 saturated heterocycles. The lowest BCUT2D eigenvalue weighted by molar-refractivity contribution is 0.0784. The van der Waals surface area contributed by atoms with Crippen molar-refractivity contribution < 1.29 is 8.78 Å². The van der Waals surface area contributed by atoms with Crippen LogP contribution >= 0.6 is 0 Å². The number of anilines is 2. The van der Waals surface area contributed by atoms with Crippen molar-refractivity contribution in [3.05, 3.63) is 59.7 Å². The van der Waals surface area contributed by atoms with Crippen molar-refractivity contribution in [2.45, 2.75) is 53.6 Å². The lowest BCUT2D eigenvalue weighted by Gasteiger charge is -2.40. The quantitative estimate of drug-likeness (QED) is 0.284. The van der Waals surface area contributed by atoms with Crippen LogP contribution in [0.15, 0.2) is 36.7 Å². The van der Waals surface area contributed by atoms with Gasteiger partial charge in [-0.2, -0.15) is 0 Å². The summed E-state index contributed by atoms with van der Waals surface area (Å²) in [4.78, 5) is 22.5. The highest BCUT2D eigenvalue weighted by Gasteiger charge is 2.27. The Morgan fingerprint density at radius 3 is 2.30 bits per heavy atom. The van der Waals surface area contributed by atoms with Gasteiger partial charge in [-0.25, -0.2) is 28.7 Å². The van der Waals surface area contributed by atoms with E-state index < -0.39 is 11.6 Å². The van der Waals surface area contributed by atoms with E-state index in [-0.39, 0.29) is 29.2 Å². The Morgan fingerprint density at radius 2 is 1.68 bits per heavy atom. The molecule has 0 saturated carbocycles. The Labute approximate surface area is 234 Å². The molecule has 4 aromatic rings. The summed E-state index contributed by atoms with van der Waals surface area (Å²) in [5, 5.41) is 3.08. The highest BCUT2D eigenvalue weighted by molar-refractivity contribution is 5.83. The van der Waals surface area contributed by atoms with Crippen LogP contribution in [-0.2, 0) is 0 Å². The maximum absolute atomic E-state index is 15.0. The Bertz CT molecular complexity index is 1470. The molecule has 0 bridgehead atoms. The number of pyridine rings is 1. The number of benzene rings is 1. The number of nitrogens with one attached hydrogen (secondary N) is 1. The number of aromatic nitrogens is 5. The Morgan fingerprint density at radius 1 is 0.925 bits per heavy atom. The number of nitrogens with zero attached hydrogens (tertiary/aromatic N) is 7. The molecule has 212 valence electrons. The van der Waals surface area contributed by atoms with E-state index >= 15 is 4.39 Å². The Balaban J connectivity index is 1.39. The highest BCUT2D eigenvalue weighted by Crippen LogP contribution is 2.32. The summed E-state index contributed by atoms with van der Waals surface area (Å²) in [5.74, 6) is 0.712. The third-order valence-corrected chi connectivity index (χ3v) is 7.71. The van der Waals surface area contributed by atoms with Gasteiger partial charge in [-0.1, -0.05) is 26.8 Å². The fourth-order valence-electron chi connectivity index (χ4n) is 5.83. The number of fused-ring (bicyclic) bond motifs is 1. The minimum Gasteiger partial charge on any atom is -0.326 e. The first-order valence-electron chi connectivity index (χ1n) is 14.1. The van der Waals surface area contributed by atoms with Gasteiger partial charge in [0, 0.05) is 50.0 Å². The van der Waals surface area contributed by atoms with Crippen molar-refractivity contribution in [1.29, 1.82) is 0 Å². The molecule has 1 N–H and O–H groups in total. The fourth-order valence-corrected chi connectivity index (χ4v) is 5.83. The van der Waals surface area contributed by atoms with Crippen LogP contribution < -0.4 is 5.32 Å². The zero-order valence-corrected chi connectivity index (χ0v) is 24.1. The molecule has 0 amide bonds. The van der Waals surface area contributed by atoms with E-state index in [1.54, 1.807) is 6.07 Å². The molecule has 1 unspecified atom stereocenters. The largest absolute Gasteiger partial charge is 0.326 e. The van der Waals surface area contributed by atoms with E-state index in [9.17, 15) is 4.39 Å². The summed E-state index contributed by atoms with van der Waals surface area (Å²) >= 11 is 0. The molecule has 0 aliphatic carbocycles. The number of hydrogen-bond acceptors (Lipinski definition) is 7. The van der Waals surface area contributed by atoms with E-state index in [0.29, 0.717) is 28.6 Å². The summed E-state index contributed by atoms with van der Waals surface area (Å²) in [5.41, 5.74) is 2.35. The van der Waals surface area contributed by atoms with Gasteiger partial charge in [-0.15, -0.1) is 0 Å². The third-order valence-electron chi connectivity index (χ3n) is 7.71. The fraction of sp³-hybridized carbons (Fsp3) is 0.467. The van der Waals surface area contributed by atoms with Gasteiger partial charge in [0.05, 0.1) is 11.7 Å². The van der Waals surface area contributed by atoms with Gasteiger partial charge in [0.1, 0.15) is 22.9 Å². The van der Waals surface area contributed by atoms with Crippen LogP contribution in [-0.4, -0.2) is 67.0 Å². The lowest BCUT2D eigenvalue weighted by atomic mass is 9.95. The second kappa shape index (κ2) is 11.5. The van der Waals surface area contributed by atoms with E-state index in [4.69, 9.17) is 0 Å². The van der Waals surface area contributed by atoms with E-state index in [1.165, 1.54) is 6.07 Å². The summed E-state index contributed by atoms with van der Waals surface area (Å²) < 4.78 is 31.9. The van der Waals surface area contributed by atoms with Crippen molar-refractivity contribution in [2.24, 2.45) is 5.92 Å². The van der Waals surface area contributed by atoms with Crippen LogP contribution in [0.2, 0.25) is 0 Å². The van der Waals surface area contributed by atoms with Crippen molar-refractivity contribution >= 4 is 22.8 Å². The molecule has 1 atom stereocenters. The maximum Gasteiger partial charge on any atom is 0.229 e. The molecule has 0 radical (unpaired) electrons. The minimum absolute atomic E-state index is 0.00942. The van der Waals surface area contributed by atoms with E-state index in [1.807, 2.05) is 37.6 Å². The molecule has 3 aromatic heterocycles. The predicted molar refractivity (Wildman–Crippen MR) is 155 cm³/mol. The molecule has 1 aliphatic heterocycles. The number of imidazole rings is 1. The molecule has 1 aromatic carbocycles. The lowest BCUT2D eigenvalue weighted by Crippen LogP contribution is -2.48. The van der Waals surface area contributed by atoms with Gasteiger partial charge < -0.3 is 14.8 Å². The van der Waals surface area contributed by atoms with Crippen LogP contribution in [0.5, 0.6) is 0 Å². The van der Waals surface area contributed by atoms with Gasteiger partial charge in [0.25, 0.3) is 0 Å². The first kappa shape index (κ1) is 28.0. The number of piperazine rings is 1. The van der Waals surface area contributed by atoms with Crippen molar-refractivity contribution in [3.63, 3.8) is 0 Å². The SMILES string of the molecule is CCN1CCN(C(c2ccc(Nc3ncc(F)c(-c4cc(F)c5nc(C)n(C(C)C)c5c4)n3)nc2)C(C)C)CC1. The number of hydrogen-bond donors (Lipinski definition) is 1. The Kier molecular flexibility index (Phi) is 8.09. The summed E-state index contributed by atoms with van der Waals surface area (Å²) in [6, 6.07) is 7.32. The molecule has 1 aliphatic rings. The second-order valence-electron chi connectivity index (χ2n) is 11.1. The molecule has 5 rings (SSSR count). The Hall–Kier alpha value is -3.50. The number of likely N-dealkylation sites (N-methyl/N-ethyl adjacent to an activating group) is 1. The van der Waals surface area contributed by atoms with Crippen LogP contribution in [0.4, 0.5) is 20.5 Å². The van der Waals surface area contributed by atoms with Crippen molar-refractivity contribution in [2.75, 3.05) is 38.0 Å². The molecule has 8 nitrogen and oxygen atoms in total. The highest BCUT2D eigenvalue weighted by atomic mass is 19.1. The molecule has 10 heteroatoms. The average Bonchev–Trinajstić information content (AvgIpc) is 3.27. The summed E-state index contributed by atoms with van der Waals surface area (Å²) in [7, 11) is 0. The summed E-state index contributed by atoms with van der Waals surface area (Å²) in [6.07, 6.45) is 2.99. The van der Waals surface area contributed by atoms with Gasteiger partial charge >= 0.3 is 0 Å². The topological polar surface area (TPSA) is 75.0 Å². The molecule has 1 fully saturated rings. The molecule has 0 spiro atoms. The standard InChI is InChI=1S/C30H38F2N8/c1-7-38-10-12-39(13-11-38)29(18(2)3)21-8-9-26(33-16-21)36-30-34-17-24(32)27(37-30)22-14-23(31)28-25(15-22)40(19(4)5)20(6)35-28/h8-9,14-19,29H,7,10-13H2,1-6H3,(H,33,34,36,37). The molecular formula is C30H38F2N8. The predicted octanol–water partition coefficient (Wildman–Crippen LogP) is 6.13. The average molecular weight is 549 g/mol. The maximum atomic E-state index is 15.0. The number of aryl methyl sites for hydroxylation is 1. The smallest absolute Gasteiger partial charge is 0.229 e. The monoisotopic (exact) mass is 548 g/mol. The van der Waals surface area contributed by atoms with Gasteiger partial charge in [0.15, 0.2) is 11.6 Å². The van der Waals surface area contributed by atoms with Crippen LogP contribution in [0, 0.1) is 24.5 Å². The normalized spacial score (nSPS) is 15.8. The van der Waals surface area contributed by atoms with Gasteiger partial charge in [-0.05, 0) is 57.0 Å². The zero-order chi connectivity index (χ0) is 28.6. The first-order valence-corrected chi connectivity index (χ1v) is 14.1. The van der Waals surface area contributed by atoms with Crippen LogP contribution in [0.1, 0.15) is 58.1 Å². The summed E-state index contributed by atoms with van der Waals surface area (Å²) in [6.45, 7) is 17.8. The second-order valence-corrected chi connectivity index (χ2v) is 11.1. The molecule has 4 heterocycles. The van der Waals surface area contributed by atoms with Crippen LogP contribution in [0.3, 0.4) is 0 Å². The van der Waals surface area contributed by atoms with E-state index in [2.05, 4.69) is 61.9 Å². The zero-order valence-electron chi connectivity index (χ0n) is 24.1. The van der Waals surface area contributed by atoms with Gasteiger partial charge in [-0.3, -0.25) is 4.90 Å². The van der Waals surface area contributed by atoms with E-state index in [0.717, 1.165) is 44.5 Å². The number of rotatable bonds is 8. The van der Waals surface area contributed by atoms with Gasteiger partial charge in [0.2, 0.25) is 5.95 Å². The van der Waals surface area contributed by atoms with Crippen molar-refractivity contribution in [3.8, 4) is 11.3 Å². The molecular weight excluding hydrogens is 510 g/mol. The van der Waals surface area contributed by atoms with Crippen molar-refractivity contribution in [1.82, 2.24) is 34.3 Å². The van der Waals surface area contributed by atoms with Crippen LogP contribution in [0.25, 0.3) is 22.3 Å². The minimum atomic E-state index is -0.636. The third kappa shape index (κ3) is 5.55. The number of halogens is 2.